The molecule has 0 saturated carbocycles. The van der Waals surface area contributed by atoms with Crippen LogP contribution in [0.2, 0.25) is 0 Å². The Morgan fingerprint density at radius 3 is 2.44 bits per heavy atom. The largest absolute Gasteiger partial charge is 0.388 e. The molecular weight excluding hydrogens is 312 g/mol. The van der Waals surface area contributed by atoms with E-state index in [9.17, 15) is 9.90 Å². The summed E-state index contributed by atoms with van der Waals surface area (Å²) in [4.78, 5) is 14.6. The number of anilines is 2. The predicted molar refractivity (Wildman–Crippen MR) is 102 cm³/mol. The number of aliphatic hydroxyl groups is 1. The Kier molecular flexibility index (Phi) is 6.07. The number of rotatable bonds is 5. The van der Waals surface area contributed by atoms with Crippen molar-refractivity contribution in [1.82, 2.24) is 0 Å². The van der Waals surface area contributed by atoms with E-state index in [1.807, 2.05) is 48.5 Å². The molecule has 1 fully saturated rings. The lowest BCUT2D eigenvalue weighted by molar-refractivity contribution is -0.118. The smallest absolute Gasteiger partial charge is 0.227 e. The first-order valence-electron chi connectivity index (χ1n) is 9.10. The summed E-state index contributed by atoms with van der Waals surface area (Å²) in [5.41, 5.74) is 2.70. The Hall–Kier alpha value is -2.33. The molecule has 1 saturated heterocycles. The molecule has 0 radical (unpaired) electrons. The summed E-state index contributed by atoms with van der Waals surface area (Å²) in [7, 11) is 0. The zero-order valence-electron chi connectivity index (χ0n) is 14.5. The van der Waals surface area contributed by atoms with Gasteiger partial charge in [0.25, 0.3) is 0 Å². The molecule has 1 aliphatic heterocycles. The van der Waals surface area contributed by atoms with Crippen molar-refractivity contribution in [3.63, 3.8) is 0 Å². The molecule has 0 aromatic heterocycles. The second-order valence-corrected chi connectivity index (χ2v) is 6.63. The maximum Gasteiger partial charge on any atom is 0.227 e. The fraction of sp³-hybridized carbons (Fsp3) is 0.381. The summed E-state index contributed by atoms with van der Waals surface area (Å²) >= 11 is 0. The standard InChI is InChI=1S/C21H26N2O2/c24-20(17-9-4-3-5-10-17)16-21(25)22-18-11-8-12-19(15-18)23-13-6-1-2-7-14-23/h3-5,8-12,15,20,24H,1-2,6-7,13-14,16H2,(H,22,25). The van der Waals surface area contributed by atoms with Crippen molar-refractivity contribution in [3.05, 3.63) is 60.2 Å². The molecule has 4 nitrogen and oxygen atoms in total. The van der Waals surface area contributed by atoms with Crippen molar-refractivity contribution in [2.75, 3.05) is 23.3 Å². The van der Waals surface area contributed by atoms with E-state index >= 15 is 0 Å². The summed E-state index contributed by atoms with van der Waals surface area (Å²) in [5.74, 6) is -0.177. The van der Waals surface area contributed by atoms with Crippen LogP contribution in [0.5, 0.6) is 0 Å². The molecule has 1 atom stereocenters. The van der Waals surface area contributed by atoms with Crippen LogP contribution in [0.1, 0.15) is 43.8 Å². The minimum absolute atomic E-state index is 0.0535. The Balaban J connectivity index is 1.60. The number of amides is 1. The van der Waals surface area contributed by atoms with Gasteiger partial charge < -0.3 is 15.3 Å². The average molecular weight is 338 g/mol. The quantitative estimate of drug-likeness (QED) is 0.862. The molecule has 1 heterocycles. The van der Waals surface area contributed by atoms with Crippen LogP contribution >= 0.6 is 0 Å². The number of carbonyl (C=O) groups is 1. The van der Waals surface area contributed by atoms with E-state index < -0.39 is 6.10 Å². The van der Waals surface area contributed by atoms with E-state index in [4.69, 9.17) is 0 Å². The molecule has 0 spiro atoms. The molecule has 25 heavy (non-hydrogen) atoms. The van der Waals surface area contributed by atoms with Gasteiger partial charge in [-0.1, -0.05) is 49.2 Å². The van der Waals surface area contributed by atoms with Crippen LogP contribution in [0.3, 0.4) is 0 Å². The molecule has 0 bridgehead atoms. The molecule has 2 aromatic rings. The maximum atomic E-state index is 12.3. The van der Waals surface area contributed by atoms with Gasteiger partial charge in [-0.3, -0.25) is 4.79 Å². The normalized spacial score (nSPS) is 16.1. The highest BCUT2D eigenvalue weighted by molar-refractivity contribution is 5.91. The van der Waals surface area contributed by atoms with E-state index in [-0.39, 0.29) is 12.3 Å². The number of carbonyl (C=O) groups excluding carboxylic acids is 1. The van der Waals surface area contributed by atoms with Gasteiger partial charge in [0.05, 0.1) is 12.5 Å². The van der Waals surface area contributed by atoms with Gasteiger partial charge in [-0.15, -0.1) is 0 Å². The van der Waals surface area contributed by atoms with Gasteiger partial charge in [0.1, 0.15) is 0 Å². The predicted octanol–water partition coefficient (Wildman–Crippen LogP) is 4.13. The van der Waals surface area contributed by atoms with Crippen molar-refractivity contribution in [1.29, 1.82) is 0 Å². The SMILES string of the molecule is O=C(CC(O)c1ccccc1)Nc1cccc(N2CCCCCC2)c1. The van der Waals surface area contributed by atoms with Crippen LogP contribution in [0, 0.1) is 0 Å². The second-order valence-electron chi connectivity index (χ2n) is 6.63. The summed E-state index contributed by atoms with van der Waals surface area (Å²) in [5, 5.41) is 13.1. The number of hydrogen-bond donors (Lipinski definition) is 2. The van der Waals surface area contributed by atoms with Crippen molar-refractivity contribution in [2.24, 2.45) is 0 Å². The molecule has 1 unspecified atom stereocenters. The van der Waals surface area contributed by atoms with Crippen LogP contribution in [0.25, 0.3) is 0 Å². The van der Waals surface area contributed by atoms with Gasteiger partial charge in [-0.25, -0.2) is 0 Å². The van der Waals surface area contributed by atoms with E-state index in [1.165, 1.54) is 25.7 Å². The minimum Gasteiger partial charge on any atom is -0.388 e. The molecule has 4 heteroatoms. The Labute approximate surface area is 149 Å². The lowest BCUT2D eigenvalue weighted by Crippen LogP contribution is -2.24. The fourth-order valence-electron chi connectivity index (χ4n) is 3.29. The van der Waals surface area contributed by atoms with Gasteiger partial charge in [0.15, 0.2) is 0 Å². The van der Waals surface area contributed by atoms with Crippen molar-refractivity contribution in [2.45, 2.75) is 38.2 Å². The lowest BCUT2D eigenvalue weighted by atomic mass is 10.1. The van der Waals surface area contributed by atoms with Gasteiger partial charge in [0.2, 0.25) is 5.91 Å². The zero-order valence-corrected chi connectivity index (χ0v) is 14.5. The van der Waals surface area contributed by atoms with Crippen molar-refractivity contribution >= 4 is 17.3 Å². The zero-order chi connectivity index (χ0) is 17.5. The number of benzene rings is 2. The molecule has 2 N–H and O–H groups in total. The Morgan fingerprint density at radius 2 is 1.72 bits per heavy atom. The molecule has 2 aromatic carbocycles. The summed E-state index contributed by atoms with van der Waals surface area (Å²) in [6, 6.07) is 17.3. The number of nitrogens with zero attached hydrogens (tertiary/aromatic N) is 1. The number of aliphatic hydroxyl groups excluding tert-OH is 1. The van der Waals surface area contributed by atoms with Crippen LogP contribution in [-0.4, -0.2) is 24.1 Å². The van der Waals surface area contributed by atoms with Crippen LogP contribution in [-0.2, 0) is 4.79 Å². The van der Waals surface area contributed by atoms with Gasteiger partial charge in [-0.2, -0.15) is 0 Å². The third-order valence-electron chi connectivity index (χ3n) is 4.66. The van der Waals surface area contributed by atoms with Gasteiger partial charge >= 0.3 is 0 Å². The monoisotopic (exact) mass is 338 g/mol. The fourth-order valence-corrected chi connectivity index (χ4v) is 3.29. The number of nitrogens with one attached hydrogen (secondary N) is 1. The van der Waals surface area contributed by atoms with E-state index in [0.717, 1.165) is 30.0 Å². The molecule has 132 valence electrons. The van der Waals surface area contributed by atoms with Crippen LogP contribution in [0.15, 0.2) is 54.6 Å². The second kappa shape index (κ2) is 8.67. The van der Waals surface area contributed by atoms with Crippen molar-refractivity contribution in [3.8, 4) is 0 Å². The first kappa shape index (κ1) is 17.5. The number of hydrogen-bond acceptors (Lipinski definition) is 3. The van der Waals surface area contributed by atoms with Crippen LogP contribution in [0.4, 0.5) is 11.4 Å². The Morgan fingerprint density at radius 1 is 1.00 bits per heavy atom. The topological polar surface area (TPSA) is 52.6 Å². The van der Waals surface area contributed by atoms with Gasteiger partial charge in [0, 0.05) is 24.5 Å². The summed E-state index contributed by atoms with van der Waals surface area (Å²) in [6.45, 7) is 2.15. The highest BCUT2D eigenvalue weighted by atomic mass is 16.3. The molecular formula is C21H26N2O2. The van der Waals surface area contributed by atoms with E-state index in [2.05, 4.69) is 16.3 Å². The van der Waals surface area contributed by atoms with E-state index in [0.29, 0.717) is 0 Å². The third-order valence-corrected chi connectivity index (χ3v) is 4.66. The molecule has 0 aliphatic carbocycles. The van der Waals surface area contributed by atoms with Gasteiger partial charge in [-0.05, 0) is 36.6 Å². The maximum absolute atomic E-state index is 12.3. The summed E-state index contributed by atoms with van der Waals surface area (Å²) < 4.78 is 0. The molecule has 1 aliphatic rings. The highest BCUT2D eigenvalue weighted by Gasteiger charge is 2.14. The first-order valence-corrected chi connectivity index (χ1v) is 9.10. The average Bonchev–Trinajstić information content (AvgIpc) is 2.92. The van der Waals surface area contributed by atoms with Crippen LogP contribution < -0.4 is 10.2 Å². The molecule has 1 amide bonds. The molecule has 3 rings (SSSR count). The third kappa shape index (κ3) is 5.07. The highest BCUT2D eigenvalue weighted by Crippen LogP contribution is 2.23. The minimum atomic E-state index is -0.782. The van der Waals surface area contributed by atoms with Crippen molar-refractivity contribution < 1.29 is 9.90 Å². The van der Waals surface area contributed by atoms with E-state index in [1.54, 1.807) is 0 Å². The lowest BCUT2D eigenvalue weighted by Gasteiger charge is -2.23. The summed E-state index contributed by atoms with van der Waals surface area (Å²) in [6.07, 6.45) is 4.31. The first-order chi connectivity index (χ1) is 12.2. The Bertz CT molecular complexity index is 679.